The minimum absolute atomic E-state index is 0.126. The molecule has 1 aliphatic heterocycles. The number of aliphatic hydroxyl groups is 1. The van der Waals surface area contributed by atoms with Gasteiger partial charge >= 0.3 is 0 Å². The maximum atomic E-state index is 9.61. The molecule has 3 nitrogen and oxygen atoms in total. The molecular formula is C17H36N2O. The Labute approximate surface area is 126 Å². The number of hydrogen-bond donors (Lipinski definition) is 2. The molecule has 0 amide bonds. The van der Waals surface area contributed by atoms with Crippen LogP contribution in [0.15, 0.2) is 0 Å². The van der Waals surface area contributed by atoms with Gasteiger partial charge in [-0.25, -0.2) is 0 Å². The molecule has 1 aliphatic rings. The van der Waals surface area contributed by atoms with Crippen LogP contribution in [0.25, 0.3) is 0 Å². The molecule has 1 saturated heterocycles. The summed E-state index contributed by atoms with van der Waals surface area (Å²) in [6.07, 6.45) is 6.20. The number of aliphatic hydroxyl groups excluding tert-OH is 1. The Morgan fingerprint density at radius 1 is 1.25 bits per heavy atom. The number of likely N-dealkylation sites (tertiary alicyclic amines) is 1. The van der Waals surface area contributed by atoms with Crippen molar-refractivity contribution in [1.82, 2.24) is 10.2 Å². The second-order valence-corrected chi connectivity index (χ2v) is 7.98. The van der Waals surface area contributed by atoms with Gasteiger partial charge < -0.3 is 15.3 Å². The molecule has 0 aliphatic carbocycles. The fourth-order valence-electron chi connectivity index (χ4n) is 3.29. The summed E-state index contributed by atoms with van der Waals surface area (Å²) in [5.41, 5.74) is 0.396. The van der Waals surface area contributed by atoms with Gasteiger partial charge in [0.15, 0.2) is 0 Å². The second-order valence-electron chi connectivity index (χ2n) is 7.98. The molecule has 1 unspecified atom stereocenters. The van der Waals surface area contributed by atoms with Crippen molar-refractivity contribution in [3.8, 4) is 0 Å². The van der Waals surface area contributed by atoms with Crippen molar-refractivity contribution >= 4 is 0 Å². The van der Waals surface area contributed by atoms with Gasteiger partial charge in [-0.2, -0.15) is 0 Å². The van der Waals surface area contributed by atoms with Gasteiger partial charge in [-0.3, -0.25) is 0 Å². The molecule has 1 fully saturated rings. The molecule has 0 aromatic heterocycles. The smallest absolute Gasteiger partial charge is 0.0610 e. The van der Waals surface area contributed by atoms with E-state index in [1.807, 2.05) is 0 Å². The molecule has 0 spiro atoms. The first kappa shape index (κ1) is 17.9. The lowest BCUT2D eigenvalue weighted by Gasteiger charge is -2.32. The van der Waals surface area contributed by atoms with Crippen LogP contribution in [0, 0.1) is 5.41 Å². The molecule has 20 heavy (non-hydrogen) atoms. The number of hydrogen-bond acceptors (Lipinski definition) is 3. The van der Waals surface area contributed by atoms with Gasteiger partial charge in [-0.15, -0.1) is 0 Å². The maximum Gasteiger partial charge on any atom is 0.0610 e. The highest BCUT2D eigenvalue weighted by Gasteiger charge is 2.25. The quantitative estimate of drug-likeness (QED) is 0.754. The third-order valence-corrected chi connectivity index (χ3v) is 4.62. The first-order valence-electron chi connectivity index (χ1n) is 8.37. The van der Waals surface area contributed by atoms with E-state index in [1.54, 1.807) is 0 Å². The van der Waals surface area contributed by atoms with E-state index in [-0.39, 0.29) is 12.1 Å². The van der Waals surface area contributed by atoms with Crippen LogP contribution < -0.4 is 5.32 Å². The van der Waals surface area contributed by atoms with E-state index in [2.05, 4.69) is 44.8 Å². The van der Waals surface area contributed by atoms with Crippen LogP contribution in [0.5, 0.6) is 0 Å². The van der Waals surface area contributed by atoms with E-state index in [0.29, 0.717) is 11.5 Å². The molecule has 1 atom stereocenters. The minimum Gasteiger partial charge on any atom is -0.394 e. The molecule has 2 N–H and O–H groups in total. The van der Waals surface area contributed by atoms with Crippen LogP contribution in [0.1, 0.15) is 66.7 Å². The molecule has 1 rings (SSSR count). The fourth-order valence-corrected chi connectivity index (χ4v) is 3.29. The van der Waals surface area contributed by atoms with E-state index in [0.717, 1.165) is 12.8 Å². The van der Waals surface area contributed by atoms with Crippen LogP contribution in [-0.2, 0) is 0 Å². The molecule has 0 aromatic rings. The molecule has 0 radical (unpaired) electrons. The van der Waals surface area contributed by atoms with E-state index >= 15 is 0 Å². The monoisotopic (exact) mass is 284 g/mol. The summed E-state index contributed by atoms with van der Waals surface area (Å²) in [4.78, 5) is 2.61. The molecule has 1 heterocycles. The van der Waals surface area contributed by atoms with E-state index in [9.17, 15) is 5.11 Å². The van der Waals surface area contributed by atoms with Crippen LogP contribution >= 0.6 is 0 Å². The Morgan fingerprint density at radius 3 is 2.55 bits per heavy atom. The topological polar surface area (TPSA) is 35.5 Å². The first-order valence-corrected chi connectivity index (χ1v) is 8.37. The zero-order valence-corrected chi connectivity index (χ0v) is 14.3. The highest BCUT2D eigenvalue weighted by molar-refractivity contribution is 4.84. The Bertz CT molecular complexity index is 278. The second kappa shape index (κ2) is 7.77. The summed E-state index contributed by atoms with van der Waals surface area (Å²) >= 11 is 0. The average molecular weight is 284 g/mol. The van der Waals surface area contributed by atoms with Crippen molar-refractivity contribution < 1.29 is 5.11 Å². The largest absolute Gasteiger partial charge is 0.394 e. The number of nitrogens with zero attached hydrogens (tertiary/aromatic N) is 1. The van der Waals surface area contributed by atoms with E-state index in [1.165, 1.54) is 38.9 Å². The van der Waals surface area contributed by atoms with Crippen LogP contribution in [0.2, 0.25) is 0 Å². The predicted molar refractivity (Wildman–Crippen MR) is 87.1 cm³/mol. The van der Waals surface area contributed by atoms with Gasteiger partial charge in [0.05, 0.1) is 6.61 Å². The summed E-state index contributed by atoms with van der Waals surface area (Å²) in [6, 6.07) is 0.422. The zero-order valence-electron chi connectivity index (χ0n) is 14.3. The summed E-state index contributed by atoms with van der Waals surface area (Å²) in [6.45, 7) is 15.1. The standard InChI is InChI=1S/C17H36N2O/c1-15(2)18-17(5,14-20)9-7-12-19-11-6-8-16(3,4)10-13-19/h15,18,20H,6-14H2,1-5H3. The molecule has 0 aromatic carbocycles. The van der Waals surface area contributed by atoms with Gasteiger partial charge in [0, 0.05) is 11.6 Å². The summed E-state index contributed by atoms with van der Waals surface area (Å²) in [5, 5.41) is 13.1. The van der Waals surface area contributed by atoms with Crippen LogP contribution in [-0.4, -0.2) is 47.8 Å². The summed E-state index contributed by atoms with van der Waals surface area (Å²) in [5.74, 6) is 0. The van der Waals surface area contributed by atoms with Crippen molar-refractivity contribution in [3.05, 3.63) is 0 Å². The number of rotatable bonds is 7. The lowest BCUT2D eigenvalue weighted by Crippen LogP contribution is -2.49. The Morgan fingerprint density at radius 2 is 1.95 bits per heavy atom. The minimum atomic E-state index is -0.126. The SMILES string of the molecule is CC(C)NC(C)(CO)CCCN1CCCC(C)(C)CC1. The Kier molecular flexibility index (Phi) is 6.96. The third-order valence-electron chi connectivity index (χ3n) is 4.62. The van der Waals surface area contributed by atoms with Crippen molar-refractivity contribution in [1.29, 1.82) is 0 Å². The van der Waals surface area contributed by atoms with Crippen molar-refractivity contribution in [2.45, 2.75) is 78.3 Å². The number of nitrogens with one attached hydrogen (secondary N) is 1. The summed E-state index contributed by atoms with van der Waals surface area (Å²) < 4.78 is 0. The third kappa shape index (κ3) is 6.55. The van der Waals surface area contributed by atoms with Crippen LogP contribution in [0.3, 0.4) is 0 Å². The molecule has 0 bridgehead atoms. The van der Waals surface area contributed by atoms with Crippen molar-refractivity contribution in [2.24, 2.45) is 5.41 Å². The molecular weight excluding hydrogens is 248 g/mol. The fraction of sp³-hybridized carbons (Fsp3) is 1.00. The molecule has 0 saturated carbocycles. The van der Waals surface area contributed by atoms with Crippen LogP contribution in [0.4, 0.5) is 0 Å². The molecule has 3 heteroatoms. The normalized spacial score (nSPS) is 23.6. The van der Waals surface area contributed by atoms with Gasteiger partial charge in [0.25, 0.3) is 0 Å². The van der Waals surface area contributed by atoms with Gasteiger partial charge in [0.1, 0.15) is 0 Å². The Balaban J connectivity index is 2.32. The van der Waals surface area contributed by atoms with Gasteiger partial charge in [-0.05, 0) is 64.1 Å². The van der Waals surface area contributed by atoms with Gasteiger partial charge in [0.2, 0.25) is 0 Å². The lowest BCUT2D eigenvalue weighted by molar-refractivity contribution is 0.148. The average Bonchev–Trinajstić information content (AvgIpc) is 2.50. The van der Waals surface area contributed by atoms with E-state index in [4.69, 9.17) is 0 Å². The van der Waals surface area contributed by atoms with Crippen molar-refractivity contribution in [2.75, 3.05) is 26.2 Å². The molecule has 120 valence electrons. The van der Waals surface area contributed by atoms with E-state index < -0.39 is 0 Å². The zero-order chi connectivity index (χ0) is 15.2. The highest BCUT2D eigenvalue weighted by atomic mass is 16.3. The van der Waals surface area contributed by atoms with Gasteiger partial charge in [-0.1, -0.05) is 27.7 Å². The van der Waals surface area contributed by atoms with Crippen molar-refractivity contribution in [3.63, 3.8) is 0 Å². The lowest BCUT2D eigenvalue weighted by atomic mass is 9.85. The Hall–Kier alpha value is -0.120. The summed E-state index contributed by atoms with van der Waals surface area (Å²) in [7, 11) is 0. The highest BCUT2D eigenvalue weighted by Crippen LogP contribution is 2.29. The maximum absolute atomic E-state index is 9.61. The predicted octanol–water partition coefficient (Wildman–Crippen LogP) is 3.03. The first-order chi connectivity index (χ1) is 9.26.